The number of nitrogens with zero attached hydrogens (tertiary/aromatic N) is 3. The summed E-state index contributed by atoms with van der Waals surface area (Å²) in [5.74, 6) is -0.950. The van der Waals surface area contributed by atoms with Gasteiger partial charge in [0.25, 0.3) is 0 Å². The Morgan fingerprint density at radius 2 is 1.88 bits per heavy atom. The molecule has 3 N–H and O–H groups in total. The normalized spacial score (nSPS) is 11.4. The number of benzene rings is 2. The fourth-order valence-corrected chi connectivity index (χ4v) is 4.29. The molecule has 2 aromatic carbocycles. The maximum Gasteiger partial charge on any atom is 0.327 e. The van der Waals surface area contributed by atoms with Gasteiger partial charge in [0.2, 0.25) is 0 Å². The molecule has 0 aliphatic carbocycles. The Bertz CT molecular complexity index is 1440. The molecule has 0 atom stereocenters. The Kier molecular flexibility index (Phi) is 5.99. The lowest BCUT2D eigenvalue weighted by molar-refractivity contribution is 0.555. The van der Waals surface area contributed by atoms with E-state index < -0.39 is 11.6 Å². The summed E-state index contributed by atoms with van der Waals surface area (Å²) in [5.41, 5.74) is 2.61. The molecule has 7 nitrogen and oxygen atoms in total. The Morgan fingerprint density at radius 3 is 2.68 bits per heavy atom. The molecule has 3 heterocycles. The van der Waals surface area contributed by atoms with Crippen molar-refractivity contribution >= 4 is 16.7 Å². The van der Waals surface area contributed by atoms with E-state index in [1.165, 1.54) is 16.7 Å². The largest absolute Gasteiger partial charge is 0.369 e. The highest BCUT2D eigenvalue weighted by molar-refractivity contribution is 5.83. The van der Waals surface area contributed by atoms with Crippen LogP contribution < -0.4 is 11.0 Å². The van der Waals surface area contributed by atoms with E-state index in [9.17, 15) is 13.6 Å². The molecule has 0 saturated heterocycles. The van der Waals surface area contributed by atoms with Crippen LogP contribution in [0.3, 0.4) is 0 Å². The van der Waals surface area contributed by atoms with Gasteiger partial charge >= 0.3 is 5.69 Å². The lowest BCUT2D eigenvalue weighted by atomic mass is 10.1. The van der Waals surface area contributed by atoms with Crippen molar-refractivity contribution in [3.63, 3.8) is 0 Å². The molecule has 174 valence electrons. The molecule has 5 rings (SSSR count). The third kappa shape index (κ3) is 4.50. The summed E-state index contributed by atoms with van der Waals surface area (Å²) in [7, 11) is 0. The number of aromatic amines is 2. The molecule has 0 saturated carbocycles. The molecule has 0 spiro atoms. The van der Waals surface area contributed by atoms with Crippen molar-refractivity contribution in [2.24, 2.45) is 0 Å². The van der Waals surface area contributed by atoms with E-state index in [4.69, 9.17) is 0 Å². The van der Waals surface area contributed by atoms with E-state index in [1.54, 1.807) is 12.5 Å². The number of hydrogen-bond acceptors (Lipinski definition) is 3. The number of imidazole rings is 2. The quantitative estimate of drug-likeness (QED) is 0.301. The summed E-state index contributed by atoms with van der Waals surface area (Å²) < 4.78 is 31.5. The van der Waals surface area contributed by atoms with E-state index >= 15 is 0 Å². The average molecular weight is 463 g/mol. The molecule has 0 aliphatic heterocycles. The summed E-state index contributed by atoms with van der Waals surface area (Å²) in [6.07, 6.45) is 8.57. The molecule has 9 heteroatoms. The molecular weight excluding hydrogens is 438 g/mol. The van der Waals surface area contributed by atoms with Crippen molar-refractivity contribution < 1.29 is 8.78 Å². The summed E-state index contributed by atoms with van der Waals surface area (Å²) in [5, 5.41) is 4.41. The van der Waals surface area contributed by atoms with Crippen LogP contribution in [-0.2, 0) is 19.5 Å². The number of H-pyrrole nitrogens is 2. The number of hydrogen-bond donors (Lipinski definition) is 3. The molecule has 0 unspecified atom stereocenters. The number of halogens is 2. The average Bonchev–Trinajstić information content (AvgIpc) is 3.54. The fourth-order valence-electron chi connectivity index (χ4n) is 4.29. The van der Waals surface area contributed by atoms with Gasteiger partial charge in [-0.25, -0.2) is 18.6 Å². The van der Waals surface area contributed by atoms with Gasteiger partial charge in [0.05, 0.1) is 12.0 Å². The topological polar surface area (TPSA) is 83.4 Å². The van der Waals surface area contributed by atoms with E-state index in [-0.39, 0.29) is 5.69 Å². The second-order valence-electron chi connectivity index (χ2n) is 8.15. The molecule has 0 aliphatic rings. The second-order valence-corrected chi connectivity index (χ2v) is 8.15. The zero-order valence-electron chi connectivity index (χ0n) is 18.4. The first-order valence-electron chi connectivity index (χ1n) is 11.1. The van der Waals surface area contributed by atoms with Gasteiger partial charge in [-0.2, -0.15) is 0 Å². The van der Waals surface area contributed by atoms with Gasteiger partial charge in [0.15, 0.2) is 0 Å². The molecule has 34 heavy (non-hydrogen) atoms. The SMILES string of the molecule is O=c1[nH]c(NCCc2c[nH]c3ccccc23)c(-c2cc(F)cc(F)c2)n1CCCn1ccnc1. The minimum atomic E-state index is -0.696. The molecule has 0 bridgehead atoms. The van der Waals surface area contributed by atoms with Crippen molar-refractivity contribution in [2.75, 3.05) is 11.9 Å². The smallest absolute Gasteiger partial charge is 0.327 e. The van der Waals surface area contributed by atoms with Crippen LogP contribution in [0.1, 0.15) is 12.0 Å². The maximum absolute atomic E-state index is 14.0. The zero-order valence-corrected chi connectivity index (χ0v) is 18.4. The molecule has 5 aromatic rings. The van der Waals surface area contributed by atoms with Crippen LogP contribution in [0.5, 0.6) is 0 Å². The number of rotatable bonds is 9. The first-order valence-corrected chi connectivity index (χ1v) is 11.1. The molecular formula is C25H24F2N6O. The van der Waals surface area contributed by atoms with Gasteiger partial charge in [-0.15, -0.1) is 0 Å². The van der Waals surface area contributed by atoms with Gasteiger partial charge in [-0.3, -0.25) is 9.55 Å². The van der Waals surface area contributed by atoms with E-state index in [0.29, 0.717) is 49.6 Å². The van der Waals surface area contributed by atoms with Crippen LogP contribution in [0.2, 0.25) is 0 Å². The van der Waals surface area contributed by atoms with Crippen molar-refractivity contribution in [2.45, 2.75) is 25.9 Å². The molecule has 0 amide bonds. The fraction of sp³-hybridized carbons (Fsp3) is 0.200. The van der Waals surface area contributed by atoms with Crippen molar-refractivity contribution in [1.29, 1.82) is 0 Å². The van der Waals surface area contributed by atoms with Crippen LogP contribution in [-0.4, -0.2) is 30.6 Å². The van der Waals surface area contributed by atoms with Crippen LogP contribution in [0.4, 0.5) is 14.6 Å². The standard InChI is InChI=1S/C25H24F2N6O/c26-19-12-18(13-20(27)14-19)23-24(29-7-6-17-15-30-22-5-2-1-4-21(17)22)31-25(34)33(23)10-3-9-32-11-8-28-16-32/h1-2,4-5,8,11-16,29-30H,3,6-7,9-10H2,(H,31,34). The van der Waals surface area contributed by atoms with E-state index in [0.717, 1.165) is 22.5 Å². The van der Waals surface area contributed by atoms with Crippen molar-refractivity contribution in [3.8, 4) is 11.3 Å². The lowest BCUT2D eigenvalue weighted by Crippen LogP contribution is -2.18. The van der Waals surface area contributed by atoms with Crippen LogP contribution >= 0.6 is 0 Å². The predicted molar refractivity (Wildman–Crippen MR) is 128 cm³/mol. The summed E-state index contributed by atoms with van der Waals surface area (Å²) in [6.45, 7) is 1.57. The maximum atomic E-state index is 14.0. The summed E-state index contributed by atoms with van der Waals surface area (Å²) in [6, 6.07) is 11.3. The van der Waals surface area contributed by atoms with Crippen LogP contribution in [0.25, 0.3) is 22.2 Å². The van der Waals surface area contributed by atoms with Crippen LogP contribution in [0.15, 0.2) is 72.2 Å². The number of aromatic nitrogens is 5. The van der Waals surface area contributed by atoms with Crippen LogP contribution in [0, 0.1) is 11.6 Å². The number of nitrogens with one attached hydrogen (secondary N) is 3. The first-order chi connectivity index (χ1) is 16.6. The van der Waals surface area contributed by atoms with E-state index in [1.807, 2.05) is 35.2 Å². The molecule has 0 fully saturated rings. The summed E-state index contributed by atoms with van der Waals surface area (Å²) >= 11 is 0. The van der Waals surface area contributed by atoms with Gasteiger partial charge in [0.1, 0.15) is 17.5 Å². The third-order valence-electron chi connectivity index (χ3n) is 5.85. The van der Waals surface area contributed by atoms with Crippen molar-refractivity contribution in [1.82, 2.24) is 24.1 Å². The van der Waals surface area contributed by atoms with E-state index in [2.05, 4.69) is 26.3 Å². The Labute approximate surface area is 194 Å². The van der Waals surface area contributed by atoms with Gasteiger partial charge in [-0.1, -0.05) is 18.2 Å². The van der Waals surface area contributed by atoms with Gasteiger partial charge < -0.3 is 14.9 Å². The highest BCUT2D eigenvalue weighted by Crippen LogP contribution is 2.28. The van der Waals surface area contributed by atoms with Gasteiger partial charge in [0, 0.05) is 60.8 Å². The zero-order chi connectivity index (χ0) is 23.5. The minimum Gasteiger partial charge on any atom is -0.369 e. The molecule has 3 aromatic heterocycles. The summed E-state index contributed by atoms with van der Waals surface area (Å²) in [4.78, 5) is 22.9. The highest BCUT2D eigenvalue weighted by Gasteiger charge is 2.18. The lowest BCUT2D eigenvalue weighted by Gasteiger charge is -2.12. The number of fused-ring (bicyclic) bond motifs is 1. The Balaban J connectivity index is 1.40. The number of anilines is 1. The second kappa shape index (κ2) is 9.38. The number of para-hydroxylation sites is 1. The monoisotopic (exact) mass is 462 g/mol. The Hall–Kier alpha value is -4.14. The van der Waals surface area contributed by atoms with Crippen molar-refractivity contribution in [3.05, 3.63) is 95.1 Å². The minimum absolute atomic E-state index is 0.299. The first kappa shape index (κ1) is 21.7. The highest BCUT2D eigenvalue weighted by atomic mass is 19.1. The molecule has 0 radical (unpaired) electrons. The predicted octanol–water partition coefficient (Wildman–Crippen LogP) is 4.54. The van der Waals surface area contributed by atoms with Gasteiger partial charge in [-0.05, 0) is 36.6 Å². The Morgan fingerprint density at radius 1 is 1.06 bits per heavy atom. The number of aryl methyl sites for hydroxylation is 1. The third-order valence-corrected chi connectivity index (χ3v) is 5.85.